The highest BCUT2D eigenvalue weighted by Gasteiger charge is 2.12. The summed E-state index contributed by atoms with van der Waals surface area (Å²) in [5.74, 6) is 0.239. The average molecular weight is 302 g/mol. The van der Waals surface area contributed by atoms with Crippen molar-refractivity contribution in [1.82, 2.24) is 0 Å². The van der Waals surface area contributed by atoms with E-state index in [2.05, 4.69) is 16.9 Å². The molecule has 1 unspecified atom stereocenters. The topological polar surface area (TPSA) is 81.4 Å². The van der Waals surface area contributed by atoms with E-state index in [1.165, 1.54) is 0 Å². The van der Waals surface area contributed by atoms with Crippen LogP contribution in [-0.2, 0) is 10.0 Å². The van der Waals surface area contributed by atoms with Gasteiger partial charge in [0.1, 0.15) is 11.5 Å². The Morgan fingerprint density at radius 2 is 2.21 bits per heavy atom. The Labute approximate surface area is 119 Å². The molecule has 1 aromatic rings. The van der Waals surface area contributed by atoms with Gasteiger partial charge in [-0.25, -0.2) is 8.42 Å². The lowest BCUT2D eigenvalue weighted by atomic mass is 10.3. The van der Waals surface area contributed by atoms with Crippen molar-refractivity contribution in [2.75, 3.05) is 10.5 Å². The molecule has 0 saturated carbocycles. The number of rotatable bonds is 7. The van der Waals surface area contributed by atoms with Crippen molar-refractivity contribution in [2.24, 2.45) is 5.73 Å². The van der Waals surface area contributed by atoms with Crippen LogP contribution in [0.15, 0.2) is 24.3 Å². The first-order valence-corrected chi connectivity index (χ1v) is 7.94. The van der Waals surface area contributed by atoms with Crippen molar-refractivity contribution < 1.29 is 13.2 Å². The molecule has 5 nitrogen and oxygen atoms in total. The first-order valence-electron chi connectivity index (χ1n) is 5.88. The molecule has 1 aromatic carbocycles. The first-order chi connectivity index (χ1) is 8.82. The van der Waals surface area contributed by atoms with E-state index in [9.17, 15) is 8.42 Å². The van der Waals surface area contributed by atoms with Gasteiger partial charge in [-0.15, -0.1) is 0 Å². The van der Waals surface area contributed by atoms with Crippen molar-refractivity contribution in [2.45, 2.75) is 26.4 Å². The predicted octanol–water partition coefficient (Wildman–Crippen LogP) is 1.89. The maximum atomic E-state index is 11.7. The summed E-state index contributed by atoms with van der Waals surface area (Å²) in [4.78, 5) is -0.0699. The molecule has 0 saturated heterocycles. The maximum absolute atomic E-state index is 11.7. The van der Waals surface area contributed by atoms with Crippen molar-refractivity contribution in [3.8, 4) is 5.75 Å². The predicted molar refractivity (Wildman–Crippen MR) is 81.0 cm³/mol. The number of hydrogen-bond acceptors (Lipinski definition) is 4. The fourth-order valence-corrected chi connectivity index (χ4v) is 2.75. The zero-order valence-electron chi connectivity index (χ0n) is 10.9. The fraction of sp³-hybridized carbons (Fsp3) is 0.417. The Morgan fingerprint density at radius 1 is 1.53 bits per heavy atom. The van der Waals surface area contributed by atoms with E-state index >= 15 is 0 Å². The van der Waals surface area contributed by atoms with Crippen LogP contribution in [0.4, 0.5) is 5.69 Å². The Balaban J connectivity index is 2.80. The minimum atomic E-state index is -3.56. The third kappa shape index (κ3) is 5.89. The molecule has 0 bridgehead atoms. The summed E-state index contributed by atoms with van der Waals surface area (Å²) in [6, 6.07) is 6.76. The zero-order chi connectivity index (χ0) is 14.5. The third-order valence-electron chi connectivity index (χ3n) is 2.35. The van der Waals surface area contributed by atoms with Gasteiger partial charge < -0.3 is 10.5 Å². The molecule has 0 aliphatic heterocycles. The molecular weight excluding hydrogens is 284 g/mol. The Morgan fingerprint density at radius 3 is 2.79 bits per heavy atom. The summed E-state index contributed by atoms with van der Waals surface area (Å²) in [6.07, 6.45) is 0.945. The van der Waals surface area contributed by atoms with Gasteiger partial charge in [-0.05, 0) is 25.5 Å². The first kappa shape index (κ1) is 15.7. The number of hydrogen-bond donors (Lipinski definition) is 2. The van der Waals surface area contributed by atoms with Gasteiger partial charge in [-0.2, -0.15) is 0 Å². The monoisotopic (exact) mass is 302 g/mol. The lowest BCUT2D eigenvalue weighted by Gasteiger charge is -2.14. The van der Waals surface area contributed by atoms with Gasteiger partial charge in [0.2, 0.25) is 10.0 Å². The molecule has 0 aliphatic carbocycles. The minimum Gasteiger partial charge on any atom is -0.491 e. The molecule has 1 rings (SSSR count). The van der Waals surface area contributed by atoms with Gasteiger partial charge in [-0.1, -0.05) is 25.2 Å². The molecule has 0 heterocycles. The normalized spacial score (nSPS) is 12.7. The van der Waals surface area contributed by atoms with Gasteiger partial charge in [-0.3, -0.25) is 4.72 Å². The molecule has 0 spiro atoms. The molecule has 3 N–H and O–H groups in total. The summed E-state index contributed by atoms with van der Waals surface area (Å²) in [5, 5.41) is 0. The minimum absolute atomic E-state index is 0.0699. The molecule has 0 aliphatic rings. The number of anilines is 1. The summed E-state index contributed by atoms with van der Waals surface area (Å²) >= 11 is 4.59. The Kier molecular flexibility index (Phi) is 5.56. The highest BCUT2D eigenvalue weighted by Crippen LogP contribution is 2.20. The van der Waals surface area contributed by atoms with E-state index < -0.39 is 10.0 Å². The van der Waals surface area contributed by atoms with Crippen LogP contribution >= 0.6 is 12.2 Å². The van der Waals surface area contributed by atoms with Crippen LogP contribution in [0.25, 0.3) is 0 Å². The lowest BCUT2D eigenvalue weighted by molar-refractivity contribution is 0.217. The van der Waals surface area contributed by atoms with Crippen LogP contribution in [0.5, 0.6) is 5.75 Å². The quantitative estimate of drug-likeness (QED) is 0.752. The number of thiocarbonyl (C=S) groups is 1. The third-order valence-corrected chi connectivity index (χ3v) is 3.92. The van der Waals surface area contributed by atoms with Crippen molar-refractivity contribution in [3.63, 3.8) is 0 Å². The number of nitrogens with one attached hydrogen (secondary N) is 1. The maximum Gasteiger partial charge on any atom is 0.239 e. The molecule has 0 radical (unpaired) electrons. The summed E-state index contributed by atoms with van der Waals surface area (Å²) in [7, 11) is -3.56. The second kappa shape index (κ2) is 6.72. The fourth-order valence-electron chi connectivity index (χ4n) is 1.35. The van der Waals surface area contributed by atoms with Crippen LogP contribution in [0, 0.1) is 0 Å². The van der Waals surface area contributed by atoms with Crippen LogP contribution in [0.1, 0.15) is 20.3 Å². The summed E-state index contributed by atoms with van der Waals surface area (Å²) in [5.41, 5.74) is 5.66. The summed E-state index contributed by atoms with van der Waals surface area (Å²) in [6.45, 7) is 3.96. The lowest BCUT2D eigenvalue weighted by Crippen LogP contribution is -2.26. The second-order valence-electron chi connectivity index (χ2n) is 4.19. The van der Waals surface area contributed by atoms with Crippen LogP contribution in [0.2, 0.25) is 0 Å². The molecular formula is C12H18N2O3S2. The zero-order valence-corrected chi connectivity index (χ0v) is 12.6. The number of ether oxygens (including phenoxy) is 1. The Hall–Kier alpha value is -1.34. The number of sulfonamides is 1. The van der Waals surface area contributed by atoms with E-state index in [-0.39, 0.29) is 16.8 Å². The van der Waals surface area contributed by atoms with Gasteiger partial charge in [0, 0.05) is 6.07 Å². The second-order valence-corrected chi connectivity index (χ2v) is 6.44. The highest BCUT2D eigenvalue weighted by atomic mass is 32.2. The molecule has 7 heteroatoms. The van der Waals surface area contributed by atoms with Gasteiger partial charge in [0.15, 0.2) is 0 Å². The van der Waals surface area contributed by atoms with E-state index in [1.54, 1.807) is 24.3 Å². The summed E-state index contributed by atoms with van der Waals surface area (Å²) < 4.78 is 31.4. The smallest absolute Gasteiger partial charge is 0.239 e. The van der Waals surface area contributed by atoms with Crippen molar-refractivity contribution in [3.05, 3.63) is 24.3 Å². The standard InChI is InChI=1S/C12H18N2O3S2/c1-3-9(2)17-11-6-4-5-10(7-11)14-19(15,16)8-12(13)18/h4-7,9,14H,3,8H2,1-2H3,(H2,13,18). The van der Waals surface area contributed by atoms with Crippen LogP contribution in [0.3, 0.4) is 0 Å². The molecule has 0 aromatic heterocycles. The van der Waals surface area contributed by atoms with Crippen LogP contribution in [-0.4, -0.2) is 25.3 Å². The van der Waals surface area contributed by atoms with E-state index in [1.807, 2.05) is 13.8 Å². The molecule has 19 heavy (non-hydrogen) atoms. The molecule has 0 fully saturated rings. The molecule has 0 amide bonds. The van der Waals surface area contributed by atoms with Gasteiger partial charge in [0.05, 0.1) is 16.8 Å². The largest absolute Gasteiger partial charge is 0.491 e. The van der Waals surface area contributed by atoms with E-state index in [0.717, 1.165) is 6.42 Å². The Bertz CT molecular complexity index is 544. The van der Waals surface area contributed by atoms with Crippen molar-refractivity contribution >= 4 is 32.9 Å². The average Bonchev–Trinajstić information content (AvgIpc) is 2.26. The number of benzene rings is 1. The number of nitrogens with two attached hydrogens (primary N) is 1. The van der Waals surface area contributed by atoms with Gasteiger partial charge in [0.25, 0.3) is 0 Å². The van der Waals surface area contributed by atoms with E-state index in [0.29, 0.717) is 11.4 Å². The molecule has 1 atom stereocenters. The highest BCUT2D eigenvalue weighted by molar-refractivity contribution is 7.95. The van der Waals surface area contributed by atoms with Crippen LogP contribution < -0.4 is 15.2 Å². The molecule has 106 valence electrons. The van der Waals surface area contributed by atoms with Gasteiger partial charge >= 0.3 is 0 Å². The van der Waals surface area contributed by atoms with Crippen molar-refractivity contribution in [1.29, 1.82) is 0 Å². The SMILES string of the molecule is CCC(C)Oc1cccc(NS(=O)(=O)CC(N)=S)c1. The van der Waals surface area contributed by atoms with E-state index in [4.69, 9.17) is 10.5 Å².